The molecule has 1 aromatic carbocycles. The molecule has 0 amide bonds. The van der Waals surface area contributed by atoms with Crippen molar-refractivity contribution in [1.82, 2.24) is 0 Å². The third-order valence-corrected chi connectivity index (χ3v) is 3.84. The largest absolute Gasteiger partial charge is 0.481 e. The second-order valence-corrected chi connectivity index (χ2v) is 5.59. The minimum absolute atomic E-state index is 0.0151. The van der Waals surface area contributed by atoms with Crippen LogP contribution in [0.4, 0.5) is 0 Å². The van der Waals surface area contributed by atoms with Crippen molar-refractivity contribution in [2.45, 2.75) is 19.4 Å². The lowest BCUT2D eigenvalue weighted by molar-refractivity contribution is -0.142. The lowest BCUT2D eigenvalue weighted by atomic mass is 10.1. The Hall–Kier alpha value is -1.49. The Morgan fingerprint density at radius 3 is 2.40 bits per heavy atom. The van der Waals surface area contributed by atoms with Crippen molar-refractivity contribution in [2.75, 3.05) is 6.16 Å². The van der Waals surface area contributed by atoms with Crippen LogP contribution in [0.5, 0.6) is 0 Å². The van der Waals surface area contributed by atoms with Crippen LogP contribution < -0.4 is 0 Å². The zero-order valence-corrected chi connectivity index (χ0v) is 11.7. The smallest absolute Gasteiger partial charge is 0.307 e. The van der Waals surface area contributed by atoms with Gasteiger partial charge in [0.15, 0.2) is 8.38 Å². The molecule has 1 aromatic rings. The molecule has 0 bridgehead atoms. The Bertz CT molecular complexity index is 436. The molecule has 0 saturated carbocycles. The van der Waals surface area contributed by atoms with E-state index in [1.165, 1.54) is 0 Å². The molecule has 0 aliphatic heterocycles. The summed E-state index contributed by atoms with van der Waals surface area (Å²) in [6, 6.07) is 9.21. The average molecular weight is 300 g/mol. The van der Waals surface area contributed by atoms with E-state index in [-0.39, 0.29) is 25.6 Å². The predicted octanol–water partition coefficient (Wildman–Crippen LogP) is 2.07. The van der Waals surface area contributed by atoms with Crippen molar-refractivity contribution in [3.8, 4) is 0 Å². The maximum atomic E-state index is 11.0. The van der Waals surface area contributed by atoms with Crippen LogP contribution in [0.1, 0.15) is 18.4 Å². The SMILES string of the molecule is O=C(O)CCC(CP(O)OCc1ccccc1)C(=O)O. The molecule has 6 nitrogen and oxygen atoms in total. The number of benzene rings is 1. The average Bonchev–Trinajstić information content (AvgIpc) is 2.41. The fourth-order valence-corrected chi connectivity index (χ4v) is 2.67. The molecule has 0 aliphatic carbocycles. The number of carbonyl (C=O) groups is 2. The van der Waals surface area contributed by atoms with Crippen molar-refractivity contribution in [3.63, 3.8) is 0 Å². The van der Waals surface area contributed by atoms with Gasteiger partial charge in [0.25, 0.3) is 0 Å². The third kappa shape index (κ3) is 6.61. The quantitative estimate of drug-likeness (QED) is 0.603. The van der Waals surface area contributed by atoms with Gasteiger partial charge in [0, 0.05) is 12.6 Å². The Morgan fingerprint density at radius 2 is 1.85 bits per heavy atom. The molecule has 0 aromatic heterocycles. The van der Waals surface area contributed by atoms with Gasteiger partial charge < -0.3 is 19.6 Å². The first kappa shape index (κ1) is 16.6. The normalized spacial score (nSPS) is 13.7. The maximum absolute atomic E-state index is 11.0. The van der Waals surface area contributed by atoms with E-state index in [0.29, 0.717) is 0 Å². The molecule has 0 radical (unpaired) electrons. The lowest BCUT2D eigenvalue weighted by Gasteiger charge is -2.15. The first-order valence-electron chi connectivity index (χ1n) is 6.07. The van der Waals surface area contributed by atoms with E-state index in [1.807, 2.05) is 30.3 Å². The summed E-state index contributed by atoms with van der Waals surface area (Å²) in [5, 5.41) is 17.5. The second-order valence-electron chi connectivity index (χ2n) is 4.26. The van der Waals surface area contributed by atoms with Crippen molar-refractivity contribution >= 4 is 20.3 Å². The molecular weight excluding hydrogens is 283 g/mol. The number of hydrogen-bond acceptors (Lipinski definition) is 4. The predicted molar refractivity (Wildman–Crippen MR) is 73.2 cm³/mol. The standard InChI is InChI=1S/C13H17O6P/c14-12(15)7-6-11(13(16)17)9-20(18)19-8-10-4-2-1-3-5-10/h1-5,11,18H,6-9H2,(H,14,15)(H,16,17). The van der Waals surface area contributed by atoms with E-state index in [9.17, 15) is 14.5 Å². The topological polar surface area (TPSA) is 104 Å². The fourth-order valence-electron chi connectivity index (χ4n) is 1.56. The van der Waals surface area contributed by atoms with E-state index in [2.05, 4.69) is 0 Å². The summed E-state index contributed by atoms with van der Waals surface area (Å²) in [4.78, 5) is 31.1. The van der Waals surface area contributed by atoms with Crippen LogP contribution in [-0.2, 0) is 20.7 Å². The molecule has 0 fully saturated rings. The fraction of sp³-hybridized carbons (Fsp3) is 0.385. The number of carboxylic acid groups (broad SMARTS) is 2. The number of aliphatic carboxylic acids is 2. The van der Waals surface area contributed by atoms with E-state index in [0.717, 1.165) is 5.56 Å². The Balaban J connectivity index is 2.39. The first-order chi connectivity index (χ1) is 9.49. The highest BCUT2D eigenvalue weighted by molar-refractivity contribution is 7.46. The molecule has 3 N–H and O–H groups in total. The summed E-state index contributed by atoms with van der Waals surface area (Å²) in [6.45, 7) is 0.203. The molecular formula is C13H17O6P. The molecule has 0 spiro atoms. The lowest BCUT2D eigenvalue weighted by Crippen LogP contribution is -2.19. The van der Waals surface area contributed by atoms with Gasteiger partial charge in [-0.1, -0.05) is 30.3 Å². The van der Waals surface area contributed by atoms with Gasteiger partial charge in [0.1, 0.15) is 0 Å². The van der Waals surface area contributed by atoms with Gasteiger partial charge in [-0.3, -0.25) is 9.59 Å². The van der Waals surface area contributed by atoms with Gasteiger partial charge in [-0.25, -0.2) is 0 Å². The van der Waals surface area contributed by atoms with Crippen LogP contribution in [0.3, 0.4) is 0 Å². The monoisotopic (exact) mass is 300 g/mol. The van der Waals surface area contributed by atoms with Gasteiger partial charge in [-0.2, -0.15) is 0 Å². The summed E-state index contributed by atoms with van der Waals surface area (Å²) in [6.07, 6.45) is -0.317. The zero-order chi connectivity index (χ0) is 15.0. The van der Waals surface area contributed by atoms with Crippen molar-refractivity contribution in [1.29, 1.82) is 0 Å². The van der Waals surface area contributed by atoms with E-state index in [1.54, 1.807) is 0 Å². The van der Waals surface area contributed by atoms with Gasteiger partial charge in [0.2, 0.25) is 0 Å². The van der Waals surface area contributed by atoms with Gasteiger partial charge >= 0.3 is 11.9 Å². The minimum Gasteiger partial charge on any atom is -0.481 e. The molecule has 2 unspecified atom stereocenters. The van der Waals surface area contributed by atoms with Crippen LogP contribution in [0.25, 0.3) is 0 Å². The van der Waals surface area contributed by atoms with Crippen molar-refractivity contribution < 1.29 is 29.2 Å². The zero-order valence-electron chi connectivity index (χ0n) is 10.8. The van der Waals surface area contributed by atoms with Crippen LogP contribution in [-0.4, -0.2) is 33.2 Å². The van der Waals surface area contributed by atoms with Gasteiger partial charge in [-0.05, 0) is 12.0 Å². The van der Waals surface area contributed by atoms with E-state index in [4.69, 9.17) is 14.7 Å². The maximum Gasteiger partial charge on any atom is 0.307 e. The Labute approximate surface area is 117 Å². The van der Waals surface area contributed by atoms with Crippen molar-refractivity contribution in [2.24, 2.45) is 5.92 Å². The summed E-state index contributed by atoms with van der Waals surface area (Å²) >= 11 is 0. The Kier molecular flexibility index (Phi) is 7.15. The van der Waals surface area contributed by atoms with Crippen LogP contribution in [0.15, 0.2) is 30.3 Å². The molecule has 1 rings (SSSR count). The Morgan fingerprint density at radius 1 is 1.20 bits per heavy atom. The molecule has 110 valence electrons. The first-order valence-corrected chi connectivity index (χ1v) is 7.46. The third-order valence-electron chi connectivity index (χ3n) is 2.66. The summed E-state index contributed by atoms with van der Waals surface area (Å²) in [5.41, 5.74) is 0.881. The van der Waals surface area contributed by atoms with Crippen LogP contribution in [0.2, 0.25) is 0 Å². The number of rotatable bonds is 9. The highest BCUT2D eigenvalue weighted by Gasteiger charge is 2.23. The van der Waals surface area contributed by atoms with Gasteiger partial charge in [0.05, 0.1) is 12.5 Å². The number of hydrogen-bond donors (Lipinski definition) is 3. The minimum atomic E-state index is -1.88. The van der Waals surface area contributed by atoms with E-state index >= 15 is 0 Å². The van der Waals surface area contributed by atoms with Crippen LogP contribution >= 0.6 is 8.38 Å². The highest BCUT2D eigenvalue weighted by Crippen LogP contribution is 2.36. The highest BCUT2D eigenvalue weighted by atomic mass is 31.2. The summed E-state index contributed by atoms with van der Waals surface area (Å²) < 4.78 is 5.23. The van der Waals surface area contributed by atoms with Crippen molar-refractivity contribution in [3.05, 3.63) is 35.9 Å². The van der Waals surface area contributed by atoms with Gasteiger partial charge in [-0.15, -0.1) is 0 Å². The second kappa shape index (κ2) is 8.64. The summed E-state index contributed by atoms with van der Waals surface area (Å²) in [5.74, 6) is -3.07. The molecule has 2 atom stereocenters. The molecule has 7 heteroatoms. The van der Waals surface area contributed by atoms with E-state index < -0.39 is 26.2 Å². The molecule has 0 heterocycles. The van der Waals surface area contributed by atoms with Crippen LogP contribution in [0, 0.1) is 5.92 Å². The molecule has 20 heavy (non-hydrogen) atoms. The molecule has 0 aliphatic rings. The number of carboxylic acids is 2. The molecule has 0 saturated heterocycles. The summed E-state index contributed by atoms with van der Waals surface area (Å²) in [7, 11) is -1.88.